The molecule has 0 atom stereocenters. The minimum absolute atomic E-state index is 0.345. The molecule has 2 N–H and O–H groups in total. The van der Waals surface area contributed by atoms with E-state index >= 15 is 0 Å². The molecule has 0 unspecified atom stereocenters. The lowest BCUT2D eigenvalue weighted by Gasteiger charge is -2.24. The first kappa shape index (κ1) is 15.8. The van der Waals surface area contributed by atoms with Crippen LogP contribution in [0.25, 0.3) is 0 Å². The standard InChI is InChI=1S/C17H26N2O2/c1-12(2)9-10-19(14-7-8-14)11-13-5-4-6-15(18)16(13)17(20)21-3/h4-6,12,14H,7-11,18H2,1-3H3. The maximum absolute atomic E-state index is 12.0. The predicted molar refractivity (Wildman–Crippen MR) is 85.1 cm³/mol. The zero-order valence-electron chi connectivity index (χ0n) is 13.3. The summed E-state index contributed by atoms with van der Waals surface area (Å²) in [5, 5.41) is 0. The highest BCUT2D eigenvalue weighted by molar-refractivity contribution is 5.96. The third-order valence-corrected chi connectivity index (χ3v) is 4.00. The lowest BCUT2D eigenvalue weighted by atomic mass is 10.0. The lowest BCUT2D eigenvalue weighted by Crippen LogP contribution is -2.28. The average molecular weight is 290 g/mol. The van der Waals surface area contributed by atoms with E-state index in [4.69, 9.17) is 10.5 Å². The average Bonchev–Trinajstić information content (AvgIpc) is 3.27. The predicted octanol–water partition coefficient (Wildman–Crippen LogP) is 3.07. The Morgan fingerprint density at radius 1 is 1.43 bits per heavy atom. The van der Waals surface area contributed by atoms with Crippen LogP contribution in [-0.2, 0) is 11.3 Å². The molecule has 1 aliphatic carbocycles. The van der Waals surface area contributed by atoms with Crippen molar-refractivity contribution >= 4 is 11.7 Å². The Balaban J connectivity index is 2.16. The first-order valence-corrected chi connectivity index (χ1v) is 7.72. The van der Waals surface area contributed by atoms with Gasteiger partial charge in [-0.05, 0) is 43.4 Å². The Kier molecular flexibility index (Phi) is 5.23. The summed E-state index contributed by atoms with van der Waals surface area (Å²) in [6.45, 7) is 6.32. The van der Waals surface area contributed by atoms with Gasteiger partial charge in [0.15, 0.2) is 0 Å². The van der Waals surface area contributed by atoms with Gasteiger partial charge in [0, 0.05) is 18.3 Å². The molecule has 1 aliphatic rings. The van der Waals surface area contributed by atoms with Crippen molar-refractivity contribution in [1.82, 2.24) is 4.90 Å². The molecule has 1 aromatic carbocycles. The fourth-order valence-electron chi connectivity index (χ4n) is 2.58. The van der Waals surface area contributed by atoms with Gasteiger partial charge in [0.05, 0.1) is 12.7 Å². The van der Waals surface area contributed by atoms with Crippen molar-refractivity contribution < 1.29 is 9.53 Å². The third-order valence-electron chi connectivity index (χ3n) is 4.00. The summed E-state index contributed by atoms with van der Waals surface area (Å²) in [4.78, 5) is 14.4. The molecule has 0 bridgehead atoms. The Hall–Kier alpha value is -1.55. The van der Waals surface area contributed by atoms with Crippen LogP contribution < -0.4 is 5.73 Å². The van der Waals surface area contributed by atoms with Gasteiger partial charge in [0.25, 0.3) is 0 Å². The lowest BCUT2D eigenvalue weighted by molar-refractivity contribution is 0.0599. The quantitative estimate of drug-likeness (QED) is 0.619. The highest BCUT2D eigenvalue weighted by atomic mass is 16.5. The number of hydrogen-bond donors (Lipinski definition) is 1. The van der Waals surface area contributed by atoms with E-state index in [0.29, 0.717) is 23.2 Å². The number of methoxy groups -OCH3 is 1. The van der Waals surface area contributed by atoms with E-state index in [1.54, 1.807) is 6.07 Å². The van der Waals surface area contributed by atoms with Gasteiger partial charge in [-0.25, -0.2) is 4.79 Å². The van der Waals surface area contributed by atoms with Crippen LogP contribution in [0.5, 0.6) is 0 Å². The molecule has 0 aliphatic heterocycles. The van der Waals surface area contributed by atoms with Crippen LogP contribution in [0.3, 0.4) is 0 Å². The number of carbonyl (C=O) groups is 1. The summed E-state index contributed by atoms with van der Waals surface area (Å²) in [7, 11) is 1.40. The summed E-state index contributed by atoms with van der Waals surface area (Å²) in [5.41, 5.74) is 7.96. The van der Waals surface area contributed by atoms with Crippen molar-refractivity contribution in [3.63, 3.8) is 0 Å². The summed E-state index contributed by atoms with van der Waals surface area (Å²) in [5.74, 6) is 0.342. The van der Waals surface area contributed by atoms with Gasteiger partial charge in [-0.1, -0.05) is 26.0 Å². The van der Waals surface area contributed by atoms with Gasteiger partial charge < -0.3 is 10.5 Å². The van der Waals surface area contributed by atoms with Crippen LogP contribution in [0.4, 0.5) is 5.69 Å². The van der Waals surface area contributed by atoms with Gasteiger partial charge in [-0.3, -0.25) is 4.90 Å². The van der Waals surface area contributed by atoms with Gasteiger partial charge >= 0.3 is 5.97 Å². The summed E-state index contributed by atoms with van der Waals surface area (Å²) in [6.07, 6.45) is 3.69. The van der Waals surface area contributed by atoms with Crippen molar-refractivity contribution in [3.05, 3.63) is 29.3 Å². The summed E-state index contributed by atoms with van der Waals surface area (Å²) in [6, 6.07) is 6.30. The van der Waals surface area contributed by atoms with E-state index in [0.717, 1.165) is 18.7 Å². The van der Waals surface area contributed by atoms with E-state index in [1.165, 1.54) is 26.4 Å². The van der Waals surface area contributed by atoms with Gasteiger partial charge in [0.2, 0.25) is 0 Å². The monoisotopic (exact) mass is 290 g/mol. The molecule has 0 heterocycles. The number of nitrogens with zero attached hydrogens (tertiary/aromatic N) is 1. The second-order valence-corrected chi connectivity index (χ2v) is 6.26. The van der Waals surface area contributed by atoms with E-state index in [1.807, 2.05) is 12.1 Å². The maximum atomic E-state index is 12.0. The zero-order valence-corrected chi connectivity index (χ0v) is 13.3. The van der Waals surface area contributed by atoms with Crippen LogP contribution in [0, 0.1) is 5.92 Å². The van der Waals surface area contributed by atoms with Gasteiger partial charge in [0.1, 0.15) is 0 Å². The summed E-state index contributed by atoms with van der Waals surface area (Å²) < 4.78 is 4.88. The minimum atomic E-state index is -0.345. The fraction of sp³-hybridized carbons (Fsp3) is 0.588. The molecule has 4 heteroatoms. The molecular formula is C17H26N2O2. The molecule has 21 heavy (non-hydrogen) atoms. The SMILES string of the molecule is COC(=O)c1c(N)cccc1CN(CCC(C)C)C1CC1. The van der Waals surface area contributed by atoms with E-state index in [9.17, 15) is 4.79 Å². The van der Waals surface area contributed by atoms with E-state index < -0.39 is 0 Å². The Labute approximate surface area is 127 Å². The molecule has 116 valence electrons. The van der Waals surface area contributed by atoms with Gasteiger partial charge in [-0.15, -0.1) is 0 Å². The molecule has 1 aromatic rings. The second-order valence-electron chi connectivity index (χ2n) is 6.26. The molecule has 2 rings (SSSR count). The molecule has 0 saturated heterocycles. The number of nitrogen functional groups attached to an aromatic ring is 1. The Bertz CT molecular complexity index is 496. The Morgan fingerprint density at radius 2 is 2.14 bits per heavy atom. The number of carbonyl (C=O) groups excluding carboxylic acids is 1. The summed E-state index contributed by atoms with van der Waals surface area (Å²) >= 11 is 0. The van der Waals surface area contributed by atoms with Crippen molar-refractivity contribution in [3.8, 4) is 0 Å². The highest BCUT2D eigenvalue weighted by Crippen LogP contribution is 2.30. The third kappa shape index (κ3) is 4.21. The largest absolute Gasteiger partial charge is 0.465 e. The van der Waals surface area contributed by atoms with Crippen LogP contribution in [-0.4, -0.2) is 30.6 Å². The van der Waals surface area contributed by atoms with Crippen LogP contribution in [0.1, 0.15) is 49.0 Å². The number of rotatable bonds is 7. The normalized spacial score (nSPS) is 14.7. The highest BCUT2D eigenvalue weighted by Gasteiger charge is 2.30. The molecule has 0 radical (unpaired) electrons. The zero-order chi connectivity index (χ0) is 15.4. The molecule has 0 spiro atoms. The van der Waals surface area contributed by atoms with Crippen molar-refractivity contribution in [2.24, 2.45) is 5.92 Å². The first-order chi connectivity index (χ1) is 10.0. The molecule has 1 saturated carbocycles. The fourth-order valence-corrected chi connectivity index (χ4v) is 2.58. The van der Waals surface area contributed by atoms with E-state index in [-0.39, 0.29) is 5.97 Å². The number of nitrogens with two attached hydrogens (primary N) is 1. The first-order valence-electron chi connectivity index (χ1n) is 7.72. The van der Waals surface area contributed by atoms with Crippen molar-refractivity contribution in [1.29, 1.82) is 0 Å². The second kappa shape index (κ2) is 6.94. The molecule has 0 amide bonds. The smallest absolute Gasteiger partial charge is 0.340 e. The maximum Gasteiger partial charge on any atom is 0.340 e. The number of esters is 1. The Morgan fingerprint density at radius 3 is 2.71 bits per heavy atom. The molecule has 0 aromatic heterocycles. The van der Waals surface area contributed by atoms with Gasteiger partial charge in [-0.2, -0.15) is 0 Å². The molecule has 1 fully saturated rings. The van der Waals surface area contributed by atoms with Crippen molar-refractivity contribution in [2.45, 2.75) is 45.7 Å². The number of anilines is 1. The van der Waals surface area contributed by atoms with Crippen LogP contribution in [0.15, 0.2) is 18.2 Å². The van der Waals surface area contributed by atoms with Crippen molar-refractivity contribution in [2.75, 3.05) is 19.4 Å². The number of ether oxygens (including phenoxy) is 1. The number of hydrogen-bond acceptors (Lipinski definition) is 4. The van der Waals surface area contributed by atoms with Crippen LogP contribution >= 0.6 is 0 Å². The number of benzene rings is 1. The molecular weight excluding hydrogens is 264 g/mol. The minimum Gasteiger partial charge on any atom is -0.465 e. The van der Waals surface area contributed by atoms with Crippen LogP contribution in [0.2, 0.25) is 0 Å². The molecule has 4 nitrogen and oxygen atoms in total. The topological polar surface area (TPSA) is 55.6 Å². The van der Waals surface area contributed by atoms with E-state index in [2.05, 4.69) is 18.7 Å².